The van der Waals surface area contributed by atoms with Crippen molar-refractivity contribution in [1.82, 2.24) is 10.3 Å². The molecule has 4 heteroatoms. The Bertz CT molecular complexity index is 408. The Balaban J connectivity index is 1.67. The third-order valence-corrected chi connectivity index (χ3v) is 3.22. The Morgan fingerprint density at radius 1 is 1.50 bits per heavy atom. The standard InChI is InChI=1S/C14H19N3O/c15-11-12-6-8-17-14(10-12)18-9-3-5-13-4-1-2-7-16-13/h6,8,10,13,16H,1-5,7,9H2. The van der Waals surface area contributed by atoms with Crippen molar-refractivity contribution in [3.63, 3.8) is 0 Å². The number of hydrogen-bond acceptors (Lipinski definition) is 4. The van der Waals surface area contributed by atoms with Crippen molar-refractivity contribution in [2.24, 2.45) is 0 Å². The number of rotatable bonds is 5. The molecule has 96 valence electrons. The van der Waals surface area contributed by atoms with Gasteiger partial charge in [-0.25, -0.2) is 4.98 Å². The van der Waals surface area contributed by atoms with Crippen LogP contribution in [0.25, 0.3) is 0 Å². The lowest BCUT2D eigenvalue weighted by Gasteiger charge is -2.23. The molecule has 1 saturated heterocycles. The zero-order chi connectivity index (χ0) is 12.6. The highest BCUT2D eigenvalue weighted by atomic mass is 16.5. The van der Waals surface area contributed by atoms with Gasteiger partial charge in [0.1, 0.15) is 0 Å². The van der Waals surface area contributed by atoms with E-state index in [2.05, 4.69) is 16.4 Å². The molecule has 0 aliphatic carbocycles. The normalized spacial score (nSPS) is 19.2. The maximum atomic E-state index is 8.76. The predicted molar refractivity (Wildman–Crippen MR) is 69.3 cm³/mol. The highest BCUT2D eigenvalue weighted by molar-refractivity contribution is 5.31. The molecule has 1 unspecified atom stereocenters. The number of pyridine rings is 1. The fraction of sp³-hybridized carbons (Fsp3) is 0.571. The molecule has 0 aromatic carbocycles. The Morgan fingerprint density at radius 2 is 2.44 bits per heavy atom. The van der Waals surface area contributed by atoms with Gasteiger partial charge in [-0.2, -0.15) is 5.26 Å². The summed E-state index contributed by atoms with van der Waals surface area (Å²) in [6.07, 6.45) is 7.70. The molecule has 1 aromatic rings. The third kappa shape index (κ3) is 4.01. The number of hydrogen-bond donors (Lipinski definition) is 1. The van der Waals surface area contributed by atoms with E-state index in [-0.39, 0.29) is 0 Å². The van der Waals surface area contributed by atoms with E-state index in [4.69, 9.17) is 10.00 Å². The molecule has 1 atom stereocenters. The largest absolute Gasteiger partial charge is 0.478 e. The van der Waals surface area contributed by atoms with E-state index in [0.29, 0.717) is 24.1 Å². The predicted octanol–water partition coefficient (Wildman–Crippen LogP) is 2.25. The molecule has 1 N–H and O–H groups in total. The number of nitriles is 1. The Hall–Kier alpha value is -1.60. The van der Waals surface area contributed by atoms with Gasteiger partial charge in [-0.15, -0.1) is 0 Å². The monoisotopic (exact) mass is 245 g/mol. The summed E-state index contributed by atoms with van der Waals surface area (Å²) in [5, 5.41) is 12.3. The molecular weight excluding hydrogens is 226 g/mol. The lowest BCUT2D eigenvalue weighted by atomic mass is 10.0. The fourth-order valence-electron chi connectivity index (χ4n) is 2.23. The van der Waals surface area contributed by atoms with E-state index in [9.17, 15) is 0 Å². The molecule has 18 heavy (non-hydrogen) atoms. The molecule has 0 spiro atoms. The number of piperidine rings is 1. The van der Waals surface area contributed by atoms with Crippen LogP contribution in [0.2, 0.25) is 0 Å². The summed E-state index contributed by atoms with van der Waals surface area (Å²) in [5.41, 5.74) is 0.592. The second-order valence-electron chi connectivity index (χ2n) is 4.63. The molecule has 1 aromatic heterocycles. The SMILES string of the molecule is N#Cc1ccnc(OCCCC2CCCCN2)c1. The number of ether oxygens (including phenoxy) is 1. The van der Waals surface area contributed by atoms with Crippen LogP contribution in [-0.2, 0) is 0 Å². The Kier molecular flexibility index (Phi) is 4.98. The number of nitrogens with zero attached hydrogens (tertiary/aromatic N) is 2. The van der Waals surface area contributed by atoms with E-state index in [1.54, 1.807) is 18.3 Å². The van der Waals surface area contributed by atoms with Gasteiger partial charge in [-0.05, 0) is 38.3 Å². The van der Waals surface area contributed by atoms with Crippen molar-refractivity contribution >= 4 is 0 Å². The average molecular weight is 245 g/mol. The van der Waals surface area contributed by atoms with Gasteiger partial charge in [-0.3, -0.25) is 0 Å². The highest BCUT2D eigenvalue weighted by Crippen LogP contribution is 2.13. The summed E-state index contributed by atoms with van der Waals surface area (Å²) in [6.45, 7) is 1.82. The van der Waals surface area contributed by atoms with E-state index in [1.165, 1.54) is 19.3 Å². The average Bonchev–Trinajstić information content (AvgIpc) is 2.45. The first-order valence-electron chi connectivity index (χ1n) is 6.61. The van der Waals surface area contributed by atoms with Crippen LogP contribution >= 0.6 is 0 Å². The van der Waals surface area contributed by atoms with Crippen molar-refractivity contribution < 1.29 is 4.74 Å². The summed E-state index contributed by atoms with van der Waals surface area (Å²) >= 11 is 0. The van der Waals surface area contributed by atoms with Crippen molar-refractivity contribution in [3.05, 3.63) is 23.9 Å². The minimum absolute atomic E-state index is 0.547. The lowest BCUT2D eigenvalue weighted by Crippen LogP contribution is -2.34. The summed E-state index contributed by atoms with van der Waals surface area (Å²) < 4.78 is 5.55. The van der Waals surface area contributed by atoms with Gasteiger partial charge >= 0.3 is 0 Å². The molecule has 0 bridgehead atoms. The lowest BCUT2D eigenvalue weighted by molar-refractivity contribution is 0.276. The first-order chi connectivity index (χ1) is 8.88. The second kappa shape index (κ2) is 6.97. The molecule has 2 heterocycles. The maximum absolute atomic E-state index is 8.76. The van der Waals surface area contributed by atoms with Gasteiger partial charge in [0.25, 0.3) is 0 Å². The van der Waals surface area contributed by atoms with Crippen LogP contribution in [0, 0.1) is 11.3 Å². The summed E-state index contributed by atoms with van der Waals surface area (Å²) in [7, 11) is 0. The van der Waals surface area contributed by atoms with Crippen LogP contribution in [-0.4, -0.2) is 24.2 Å². The highest BCUT2D eigenvalue weighted by Gasteiger charge is 2.11. The maximum Gasteiger partial charge on any atom is 0.214 e. The van der Waals surface area contributed by atoms with Crippen LogP contribution in [0.4, 0.5) is 0 Å². The van der Waals surface area contributed by atoms with E-state index in [0.717, 1.165) is 19.4 Å². The zero-order valence-corrected chi connectivity index (χ0v) is 10.6. The van der Waals surface area contributed by atoms with Gasteiger partial charge in [-0.1, -0.05) is 6.42 Å². The van der Waals surface area contributed by atoms with Crippen LogP contribution in [0.15, 0.2) is 18.3 Å². The first-order valence-corrected chi connectivity index (χ1v) is 6.61. The Morgan fingerprint density at radius 3 is 3.22 bits per heavy atom. The van der Waals surface area contributed by atoms with E-state index in [1.807, 2.05) is 0 Å². The van der Waals surface area contributed by atoms with Crippen molar-refractivity contribution in [2.75, 3.05) is 13.2 Å². The van der Waals surface area contributed by atoms with Gasteiger partial charge in [0.05, 0.1) is 18.2 Å². The van der Waals surface area contributed by atoms with E-state index < -0.39 is 0 Å². The van der Waals surface area contributed by atoms with Crippen molar-refractivity contribution in [1.29, 1.82) is 5.26 Å². The molecule has 0 radical (unpaired) electrons. The molecule has 0 amide bonds. The quantitative estimate of drug-likeness (QED) is 0.808. The molecule has 1 aliphatic heterocycles. The third-order valence-electron chi connectivity index (χ3n) is 3.22. The molecular formula is C14H19N3O. The number of aromatic nitrogens is 1. The first kappa shape index (κ1) is 12.8. The summed E-state index contributed by atoms with van der Waals surface area (Å²) in [4.78, 5) is 4.08. The van der Waals surface area contributed by atoms with Crippen molar-refractivity contribution in [3.8, 4) is 11.9 Å². The van der Waals surface area contributed by atoms with Gasteiger partial charge in [0.2, 0.25) is 5.88 Å². The topological polar surface area (TPSA) is 57.9 Å². The van der Waals surface area contributed by atoms with Crippen LogP contribution in [0.1, 0.15) is 37.7 Å². The number of nitrogens with one attached hydrogen (secondary N) is 1. The summed E-state index contributed by atoms with van der Waals surface area (Å²) in [5.74, 6) is 0.547. The van der Waals surface area contributed by atoms with Gasteiger partial charge in [0, 0.05) is 18.3 Å². The molecule has 4 nitrogen and oxygen atoms in total. The van der Waals surface area contributed by atoms with Crippen LogP contribution in [0.3, 0.4) is 0 Å². The van der Waals surface area contributed by atoms with Gasteiger partial charge in [0.15, 0.2) is 0 Å². The smallest absolute Gasteiger partial charge is 0.214 e. The zero-order valence-electron chi connectivity index (χ0n) is 10.6. The minimum atomic E-state index is 0.547. The molecule has 2 rings (SSSR count). The van der Waals surface area contributed by atoms with Crippen molar-refractivity contribution in [2.45, 2.75) is 38.1 Å². The molecule has 1 aliphatic rings. The molecule has 0 saturated carbocycles. The minimum Gasteiger partial charge on any atom is -0.478 e. The van der Waals surface area contributed by atoms with Gasteiger partial charge < -0.3 is 10.1 Å². The van der Waals surface area contributed by atoms with E-state index >= 15 is 0 Å². The van der Waals surface area contributed by atoms with Crippen LogP contribution < -0.4 is 10.1 Å². The second-order valence-corrected chi connectivity index (χ2v) is 4.63. The molecule has 1 fully saturated rings. The summed E-state index contributed by atoms with van der Waals surface area (Å²) in [6, 6.07) is 6.09. The van der Waals surface area contributed by atoms with Crippen LogP contribution in [0.5, 0.6) is 5.88 Å². The fourth-order valence-corrected chi connectivity index (χ4v) is 2.23. The Labute approximate surface area is 108 Å².